The first kappa shape index (κ1) is 15.4. The maximum absolute atomic E-state index is 5.97. The first-order valence-electron chi connectivity index (χ1n) is 6.53. The topological polar surface area (TPSA) is 38.3 Å². The van der Waals surface area contributed by atoms with Gasteiger partial charge in [-0.05, 0) is 30.3 Å². The normalized spacial score (nSPS) is 10.8. The van der Waals surface area contributed by atoms with Crippen LogP contribution in [0.5, 0.6) is 0 Å². The molecule has 0 unspecified atom stereocenters. The zero-order chi connectivity index (χ0) is 15.4. The summed E-state index contributed by atoms with van der Waals surface area (Å²) in [6, 6.07) is 11.0. The summed E-state index contributed by atoms with van der Waals surface area (Å²) in [5.41, 5.74) is 1.54. The Labute approximate surface area is 142 Å². The Hall–Kier alpha value is -1.49. The molecular formula is C16H12Cl2NO2S. The van der Waals surface area contributed by atoms with Crippen molar-refractivity contribution in [2.75, 3.05) is 5.32 Å². The number of thioether (sulfide) groups is 1. The van der Waals surface area contributed by atoms with Crippen molar-refractivity contribution in [2.45, 2.75) is 11.5 Å². The minimum atomic E-state index is 0.577. The van der Waals surface area contributed by atoms with E-state index in [1.54, 1.807) is 36.2 Å². The van der Waals surface area contributed by atoms with Gasteiger partial charge in [0.05, 0.1) is 23.5 Å². The van der Waals surface area contributed by atoms with Gasteiger partial charge in [-0.1, -0.05) is 23.2 Å². The van der Waals surface area contributed by atoms with Crippen molar-refractivity contribution in [1.82, 2.24) is 0 Å². The van der Waals surface area contributed by atoms with Crippen LogP contribution in [-0.2, 0) is 11.5 Å². The molecule has 0 saturated carbocycles. The first-order valence-corrected chi connectivity index (χ1v) is 8.44. The quantitative estimate of drug-likeness (QED) is 0.576. The number of anilines is 2. The average Bonchev–Trinajstić information content (AvgIpc) is 3.10. The Morgan fingerprint density at radius 2 is 1.82 bits per heavy atom. The third kappa shape index (κ3) is 4.26. The summed E-state index contributed by atoms with van der Waals surface area (Å²) in [6.07, 6.45) is 4.50. The van der Waals surface area contributed by atoms with Crippen LogP contribution in [0.1, 0.15) is 11.5 Å². The fraction of sp³-hybridized carbons (Fsp3) is 0.125. The van der Waals surface area contributed by atoms with Crippen LogP contribution in [-0.4, -0.2) is 0 Å². The molecule has 1 aromatic carbocycles. The molecule has 113 valence electrons. The Bertz CT molecular complexity index is 720. The second-order valence-corrected chi connectivity index (χ2v) is 6.44. The summed E-state index contributed by atoms with van der Waals surface area (Å²) in [4.78, 5) is 0. The van der Waals surface area contributed by atoms with E-state index in [0.29, 0.717) is 10.0 Å². The summed E-state index contributed by atoms with van der Waals surface area (Å²) in [7, 11) is 0. The van der Waals surface area contributed by atoms with Gasteiger partial charge in [0.1, 0.15) is 11.5 Å². The second-order valence-electron chi connectivity index (χ2n) is 4.58. The van der Waals surface area contributed by atoms with Crippen LogP contribution < -0.4 is 5.32 Å². The molecular weight excluding hydrogens is 341 g/mol. The van der Waals surface area contributed by atoms with Gasteiger partial charge in [0.25, 0.3) is 0 Å². The molecule has 3 nitrogen and oxygen atoms in total. The molecule has 0 atom stereocenters. The number of hydrogen-bond acceptors (Lipinski definition) is 4. The maximum atomic E-state index is 5.97. The predicted octanol–water partition coefficient (Wildman–Crippen LogP) is 6.16. The van der Waals surface area contributed by atoms with E-state index in [2.05, 4.69) is 11.6 Å². The van der Waals surface area contributed by atoms with Crippen LogP contribution in [0.15, 0.2) is 51.5 Å². The van der Waals surface area contributed by atoms with E-state index in [-0.39, 0.29) is 0 Å². The lowest BCUT2D eigenvalue weighted by molar-refractivity contribution is 0.521. The van der Waals surface area contributed by atoms with Crippen molar-refractivity contribution in [3.8, 4) is 0 Å². The molecule has 6 heteroatoms. The molecule has 0 aliphatic heterocycles. The van der Waals surface area contributed by atoms with Crippen LogP contribution in [0.25, 0.3) is 0 Å². The summed E-state index contributed by atoms with van der Waals surface area (Å²) in [6.45, 7) is 0. The Morgan fingerprint density at radius 3 is 2.55 bits per heavy atom. The summed E-state index contributed by atoms with van der Waals surface area (Å²) < 4.78 is 10.7. The molecule has 22 heavy (non-hydrogen) atoms. The number of nitrogens with one attached hydrogen (secondary N) is 1. The highest BCUT2D eigenvalue weighted by Gasteiger charge is 2.06. The minimum absolute atomic E-state index is 0.577. The molecule has 1 N–H and O–H groups in total. The molecule has 1 radical (unpaired) electrons. The van der Waals surface area contributed by atoms with Crippen LogP contribution in [0.2, 0.25) is 10.0 Å². The van der Waals surface area contributed by atoms with E-state index >= 15 is 0 Å². The van der Waals surface area contributed by atoms with Gasteiger partial charge >= 0.3 is 0 Å². The van der Waals surface area contributed by atoms with Gasteiger partial charge in [-0.15, -0.1) is 11.8 Å². The maximum Gasteiger partial charge on any atom is 0.195 e. The van der Waals surface area contributed by atoms with E-state index in [4.69, 9.17) is 32.0 Å². The van der Waals surface area contributed by atoms with Gasteiger partial charge in [0.15, 0.2) is 6.26 Å². The molecule has 0 saturated heterocycles. The van der Waals surface area contributed by atoms with Crippen LogP contribution >= 0.6 is 35.0 Å². The predicted molar refractivity (Wildman–Crippen MR) is 91.0 cm³/mol. The standard InChI is InChI=1S/C16H12Cl2NO2S/c17-11-4-12(18)6-13(5-11)19-14-7-16(21-8-14)10-22-9-15-2-1-3-20-15/h1-7,19H,9-10H2. The summed E-state index contributed by atoms with van der Waals surface area (Å²) >= 11 is 13.6. The molecule has 3 aromatic rings. The van der Waals surface area contributed by atoms with Gasteiger partial charge in [0.2, 0.25) is 0 Å². The number of benzene rings is 1. The molecule has 0 bridgehead atoms. The number of rotatable bonds is 6. The summed E-state index contributed by atoms with van der Waals surface area (Å²) in [5, 5.41) is 4.32. The van der Waals surface area contributed by atoms with Crippen molar-refractivity contribution in [3.63, 3.8) is 0 Å². The fourth-order valence-electron chi connectivity index (χ4n) is 1.90. The lowest BCUT2D eigenvalue weighted by Gasteiger charge is -2.03. The van der Waals surface area contributed by atoms with Crippen molar-refractivity contribution in [1.29, 1.82) is 0 Å². The molecule has 2 aromatic heterocycles. The third-order valence-corrected chi connectivity index (χ3v) is 4.22. The minimum Gasteiger partial charge on any atom is -0.468 e. The number of halogens is 2. The van der Waals surface area contributed by atoms with Crippen molar-refractivity contribution in [2.24, 2.45) is 0 Å². The molecule has 0 fully saturated rings. The van der Waals surface area contributed by atoms with Gasteiger partial charge in [-0.25, -0.2) is 0 Å². The van der Waals surface area contributed by atoms with Crippen LogP contribution in [0.4, 0.5) is 11.4 Å². The van der Waals surface area contributed by atoms with E-state index in [1.807, 2.05) is 18.2 Å². The van der Waals surface area contributed by atoms with Gasteiger partial charge in [0, 0.05) is 21.8 Å². The van der Waals surface area contributed by atoms with E-state index in [9.17, 15) is 0 Å². The fourth-order valence-corrected chi connectivity index (χ4v) is 3.24. The zero-order valence-corrected chi connectivity index (χ0v) is 13.8. The van der Waals surface area contributed by atoms with E-state index in [1.165, 1.54) is 0 Å². The number of hydrogen-bond donors (Lipinski definition) is 1. The average molecular weight is 353 g/mol. The Kier molecular flexibility index (Phi) is 5.03. The van der Waals surface area contributed by atoms with Crippen LogP contribution in [0.3, 0.4) is 0 Å². The third-order valence-electron chi connectivity index (χ3n) is 2.81. The van der Waals surface area contributed by atoms with Gasteiger partial charge in [-0.3, -0.25) is 0 Å². The Morgan fingerprint density at radius 1 is 1.05 bits per heavy atom. The molecule has 0 aliphatic rings. The lowest BCUT2D eigenvalue weighted by atomic mass is 10.3. The van der Waals surface area contributed by atoms with Gasteiger partial charge < -0.3 is 14.2 Å². The number of furan rings is 2. The molecule has 2 heterocycles. The molecule has 0 spiro atoms. The molecule has 0 amide bonds. The Balaban J connectivity index is 1.56. The second kappa shape index (κ2) is 7.18. The highest BCUT2D eigenvalue weighted by Crippen LogP contribution is 2.27. The van der Waals surface area contributed by atoms with E-state index < -0.39 is 0 Å². The molecule has 3 rings (SSSR count). The molecule has 0 aliphatic carbocycles. The summed E-state index contributed by atoms with van der Waals surface area (Å²) in [5.74, 6) is 3.34. The van der Waals surface area contributed by atoms with Crippen molar-refractivity contribution < 1.29 is 8.83 Å². The smallest absolute Gasteiger partial charge is 0.195 e. The van der Waals surface area contributed by atoms with E-state index in [0.717, 1.165) is 34.4 Å². The highest BCUT2D eigenvalue weighted by atomic mass is 35.5. The lowest BCUT2D eigenvalue weighted by Crippen LogP contribution is -1.88. The largest absolute Gasteiger partial charge is 0.468 e. The van der Waals surface area contributed by atoms with Crippen molar-refractivity contribution >= 4 is 46.3 Å². The first-order chi connectivity index (χ1) is 10.7. The zero-order valence-electron chi connectivity index (χ0n) is 11.4. The monoisotopic (exact) mass is 352 g/mol. The van der Waals surface area contributed by atoms with Crippen molar-refractivity contribution in [3.05, 3.63) is 70.5 Å². The van der Waals surface area contributed by atoms with Crippen LogP contribution in [0, 0.1) is 6.26 Å². The SMILES string of the molecule is Clc1cc(Cl)cc(Nc2[c]oc(CSCc3ccco3)c2)c1. The van der Waals surface area contributed by atoms with Gasteiger partial charge in [-0.2, -0.15) is 0 Å². The highest BCUT2D eigenvalue weighted by molar-refractivity contribution is 7.97.